The molecule has 2 amide bonds. The fourth-order valence-corrected chi connectivity index (χ4v) is 6.91. The van der Waals surface area contributed by atoms with E-state index in [9.17, 15) is 9.59 Å². The molecule has 0 atom stereocenters. The molecule has 2 aromatic carbocycles. The molecule has 0 bridgehead atoms. The van der Waals surface area contributed by atoms with Crippen LogP contribution in [-0.4, -0.2) is 36.5 Å². The first-order valence-corrected chi connectivity index (χ1v) is 12.9. The Kier molecular flexibility index (Phi) is 5.60. The van der Waals surface area contributed by atoms with Crippen molar-refractivity contribution >= 4 is 17.4 Å². The van der Waals surface area contributed by atoms with Gasteiger partial charge < -0.3 is 15.4 Å². The number of halogens is 1. The standard InChI is InChI=1S/C30H31FN2O3/c1-2-26(34)33-11-7-20-19(17-33)4-3-5-21(20)28-25(31)15-23(29(32)35)22-14-18-6-8-30(9-12-36-13-10-30)16-24(18)27(22)28/h2-5,15H,1,6-14,16-17H2,(H2,32,35). The number of carbonyl (C=O) groups is 2. The van der Waals surface area contributed by atoms with Crippen LogP contribution in [0, 0.1) is 11.2 Å². The molecule has 1 fully saturated rings. The lowest BCUT2D eigenvalue weighted by Gasteiger charge is -2.41. The Labute approximate surface area is 210 Å². The molecule has 2 N–H and O–H groups in total. The number of amides is 2. The average molecular weight is 487 g/mol. The lowest BCUT2D eigenvalue weighted by atomic mass is 9.67. The van der Waals surface area contributed by atoms with Crippen LogP contribution in [0.5, 0.6) is 0 Å². The van der Waals surface area contributed by atoms with Crippen LogP contribution in [0.4, 0.5) is 4.39 Å². The molecule has 2 heterocycles. The van der Waals surface area contributed by atoms with Crippen molar-refractivity contribution in [2.24, 2.45) is 11.1 Å². The smallest absolute Gasteiger partial charge is 0.249 e. The summed E-state index contributed by atoms with van der Waals surface area (Å²) in [5.41, 5.74) is 14.1. The molecule has 5 nitrogen and oxygen atoms in total. The predicted molar refractivity (Wildman–Crippen MR) is 137 cm³/mol. The fourth-order valence-electron chi connectivity index (χ4n) is 6.91. The van der Waals surface area contributed by atoms with Gasteiger partial charge in [0.15, 0.2) is 0 Å². The van der Waals surface area contributed by atoms with Crippen LogP contribution in [0.2, 0.25) is 0 Å². The second-order valence-electron chi connectivity index (χ2n) is 10.7. The number of ether oxygens (including phenoxy) is 1. The third kappa shape index (κ3) is 3.62. The maximum Gasteiger partial charge on any atom is 0.249 e. The van der Waals surface area contributed by atoms with Crippen LogP contribution in [0.25, 0.3) is 16.7 Å². The minimum Gasteiger partial charge on any atom is -0.381 e. The van der Waals surface area contributed by atoms with Gasteiger partial charge in [-0.2, -0.15) is 0 Å². The first kappa shape index (κ1) is 23.2. The highest BCUT2D eigenvalue weighted by Gasteiger charge is 2.42. The van der Waals surface area contributed by atoms with Crippen molar-refractivity contribution in [3.63, 3.8) is 0 Å². The van der Waals surface area contributed by atoms with Gasteiger partial charge in [-0.15, -0.1) is 0 Å². The van der Waals surface area contributed by atoms with E-state index in [0.29, 0.717) is 37.1 Å². The number of nitrogens with zero attached hydrogens (tertiary/aromatic N) is 1. The summed E-state index contributed by atoms with van der Waals surface area (Å²) in [6.07, 6.45) is 7.65. The van der Waals surface area contributed by atoms with Crippen LogP contribution >= 0.6 is 0 Å². The molecule has 0 saturated carbocycles. The molecule has 1 saturated heterocycles. The van der Waals surface area contributed by atoms with Crippen LogP contribution in [0.3, 0.4) is 0 Å². The lowest BCUT2D eigenvalue weighted by Crippen LogP contribution is -2.35. The third-order valence-corrected chi connectivity index (χ3v) is 8.85. The van der Waals surface area contributed by atoms with E-state index in [-0.39, 0.29) is 11.3 Å². The monoisotopic (exact) mass is 486 g/mol. The highest BCUT2D eigenvalue weighted by molar-refractivity contribution is 6.00. The topological polar surface area (TPSA) is 72.6 Å². The van der Waals surface area contributed by atoms with Crippen molar-refractivity contribution in [3.05, 3.63) is 76.1 Å². The zero-order chi connectivity index (χ0) is 25.0. The van der Waals surface area contributed by atoms with Crippen molar-refractivity contribution in [1.29, 1.82) is 0 Å². The van der Waals surface area contributed by atoms with E-state index in [1.807, 2.05) is 18.2 Å². The normalized spacial score (nSPS) is 20.1. The summed E-state index contributed by atoms with van der Waals surface area (Å²) in [7, 11) is 0. The molecular formula is C30H31FN2O3. The Bertz CT molecular complexity index is 1340. The molecule has 6 heteroatoms. The zero-order valence-electron chi connectivity index (χ0n) is 20.5. The summed E-state index contributed by atoms with van der Waals surface area (Å²) < 4.78 is 21.7. The number of nitrogens with two attached hydrogens (primary N) is 1. The quantitative estimate of drug-likeness (QED) is 0.624. The Morgan fingerprint density at radius 1 is 1.11 bits per heavy atom. The summed E-state index contributed by atoms with van der Waals surface area (Å²) in [4.78, 5) is 26.4. The Morgan fingerprint density at radius 3 is 2.67 bits per heavy atom. The van der Waals surface area contributed by atoms with E-state index < -0.39 is 11.7 Å². The Balaban J connectivity index is 1.51. The number of carbonyl (C=O) groups excluding carboxylic acids is 2. The van der Waals surface area contributed by atoms with Crippen molar-refractivity contribution < 1.29 is 18.7 Å². The number of rotatable bonds is 3. The number of benzene rings is 2. The van der Waals surface area contributed by atoms with Gasteiger partial charge in [0.1, 0.15) is 5.82 Å². The van der Waals surface area contributed by atoms with Crippen LogP contribution < -0.4 is 5.73 Å². The molecule has 2 aromatic rings. The summed E-state index contributed by atoms with van der Waals surface area (Å²) in [5, 5.41) is 0. The average Bonchev–Trinajstić information content (AvgIpc) is 3.25. The molecule has 36 heavy (non-hydrogen) atoms. The van der Waals surface area contributed by atoms with Crippen molar-refractivity contribution in [3.8, 4) is 11.1 Å². The Hall–Kier alpha value is -3.25. The second kappa shape index (κ2) is 8.70. The van der Waals surface area contributed by atoms with E-state index in [4.69, 9.17) is 10.5 Å². The molecular weight excluding hydrogens is 455 g/mol. The largest absolute Gasteiger partial charge is 0.381 e. The van der Waals surface area contributed by atoms with Gasteiger partial charge in [0.25, 0.3) is 0 Å². The molecule has 0 unspecified atom stereocenters. The summed E-state index contributed by atoms with van der Waals surface area (Å²) in [5.74, 6) is -1.07. The molecule has 186 valence electrons. The van der Waals surface area contributed by atoms with Crippen LogP contribution in [0.1, 0.15) is 64.7 Å². The lowest BCUT2D eigenvalue weighted by molar-refractivity contribution is -0.126. The first-order valence-electron chi connectivity index (χ1n) is 12.9. The fraction of sp³-hybridized carbons (Fsp3) is 0.400. The van der Waals surface area contributed by atoms with Crippen LogP contribution in [0.15, 0.2) is 42.5 Å². The molecule has 6 rings (SSSR count). The van der Waals surface area contributed by atoms with E-state index >= 15 is 4.39 Å². The number of hydrogen-bond donors (Lipinski definition) is 1. The molecule has 1 spiro atoms. The van der Waals surface area contributed by atoms with Gasteiger partial charge in [0, 0.05) is 37.4 Å². The second-order valence-corrected chi connectivity index (χ2v) is 10.7. The molecule has 2 aliphatic carbocycles. The predicted octanol–water partition coefficient (Wildman–Crippen LogP) is 4.95. The van der Waals surface area contributed by atoms with Gasteiger partial charge in [-0.1, -0.05) is 30.4 Å². The van der Waals surface area contributed by atoms with Gasteiger partial charge >= 0.3 is 0 Å². The van der Waals surface area contributed by atoms with E-state index in [1.54, 1.807) is 4.90 Å². The molecule has 0 radical (unpaired) electrons. The number of fused-ring (bicyclic) bond motifs is 3. The SMILES string of the molecule is C=CC(=O)N1CCc2c(cccc2-c2c(F)cc(C(N)=O)c3c2C2=C(CCC4(CCOCC4)C2)C3)C1. The Morgan fingerprint density at radius 2 is 1.92 bits per heavy atom. The molecule has 2 aliphatic heterocycles. The molecule has 4 aliphatic rings. The van der Waals surface area contributed by atoms with Gasteiger partial charge in [0.2, 0.25) is 11.8 Å². The van der Waals surface area contributed by atoms with Gasteiger partial charge in [-0.05, 0) is 95.9 Å². The highest BCUT2D eigenvalue weighted by atomic mass is 19.1. The molecule has 0 aromatic heterocycles. The maximum absolute atomic E-state index is 16.0. The third-order valence-electron chi connectivity index (χ3n) is 8.85. The van der Waals surface area contributed by atoms with Crippen LogP contribution in [-0.2, 0) is 28.9 Å². The van der Waals surface area contributed by atoms with E-state index in [2.05, 4.69) is 6.58 Å². The number of hydrogen-bond acceptors (Lipinski definition) is 3. The van der Waals surface area contributed by atoms with Gasteiger partial charge in [-0.3, -0.25) is 9.59 Å². The maximum atomic E-state index is 16.0. The highest BCUT2D eigenvalue weighted by Crippen LogP contribution is 2.55. The minimum absolute atomic E-state index is 0.0947. The van der Waals surface area contributed by atoms with E-state index in [1.165, 1.54) is 23.3 Å². The van der Waals surface area contributed by atoms with Crippen molar-refractivity contribution in [2.75, 3.05) is 19.8 Å². The summed E-state index contributed by atoms with van der Waals surface area (Å²) >= 11 is 0. The summed E-state index contributed by atoms with van der Waals surface area (Å²) in [6.45, 7) is 6.19. The minimum atomic E-state index is -0.578. The summed E-state index contributed by atoms with van der Waals surface area (Å²) in [6, 6.07) is 7.28. The van der Waals surface area contributed by atoms with Crippen molar-refractivity contribution in [2.45, 2.75) is 51.5 Å². The van der Waals surface area contributed by atoms with E-state index in [0.717, 1.165) is 73.1 Å². The van der Waals surface area contributed by atoms with Crippen molar-refractivity contribution in [1.82, 2.24) is 4.90 Å². The number of primary amides is 1. The van der Waals surface area contributed by atoms with Gasteiger partial charge in [-0.25, -0.2) is 4.39 Å². The van der Waals surface area contributed by atoms with Gasteiger partial charge in [0.05, 0.1) is 0 Å². The number of allylic oxidation sites excluding steroid dienone is 2. The zero-order valence-corrected chi connectivity index (χ0v) is 20.5. The first-order chi connectivity index (χ1) is 17.4.